The molecule has 142 valence electrons. The number of benzene rings is 2. The summed E-state index contributed by atoms with van der Waals surface area (Å²) in [5.74, 6) is -0.623. The average Bonchev–Trinajstić information content (AvgIpc) is 3.17. The smallest absolute Gasteiger partial charge is 0.313 e. The molecule has 1 unspecified atom stereocenters. The predicted octanol–water partition coefficient (Wildman–Crippen LogP) is 2.80. The molecule has 2 aromatic carbocycles. The first-order valence-electron chi connectivity index (χ1n) is 8.59. The van der Waals surface area contributed by atoms with Gasteiger partial charge in [-0.2, -0.15) is 0 Å². The molecule has 27 heavy (non-hydrogen) atoms. The fraction of sp³-hybridized carbons (Fsp3) is 0.300. The molecule has 0 saturated carbocycles. The molecule has 1 atom stereocenters. The monoisotopic (exact) mass is 372 g/mol. The molecule has 1 heterocycles. The predicted molar refractivity (Wildman–Crippen MR) is 98.5 cm³/mol. The lowest BCUT2D eigenvalue weighted by Gasteiger charge is -2.17. The molecule has 0 aliphatic carbocycles. The second-order valence-corrected chi connectivity index (χ2v) is 6.32. The van der Waals surface area contributed by atoms with Crippen LogP contribution in [0.3, 0.4) is 0 Å². The van der Waals surface area contributed by atoms with Gasteiger partial charge in [-0.05, 0) is 36.2 Å². The van der Waals surface area contributed by atoms with Gasteiger partial charge < -0.3 is 19.7 Å². The highest BCUT2D eigenvalue weighted by Gasteiger charge is 2.31. The van der Waals surface area contributed by atoms with E-state index in [0.29, 0.717) is 36.7 Å². The van der Waals surface area contributed by atoms with Crippen LogP contribution >= 0.6 is 0 Å². The molecule has 1 fully saturated rings. The summed E-state index contributed by atoms with van der Waals surface area (Å²) in [6.45, 7) is 0.848. The fourth-order valence-corrected chi connectivity index (χ4v) is 3.22. The van der Waals surface area contributed by atoms with Crippen LogP contribution in [0.15, 0.2) is 42.5 Å². The van der Waals surface area contributed by atoms with Crippen LogP contribution in [0.2, 0.25) is 0 Å². The minimum atomic E-state index is -0.720. The Bertz CT molecular complexity index is 856. The van der Waals surface area contributed by atoms with Gasteiger partial charge >= 0.3 is 11.8 Å². The molecule has 6 nitrogen and oxygen atoms in total. The van der Waals surface area contributed by atoms with E-state index in [0.717, 1.165) is 5.56 Å². The lowest BCUT2D eigenvalue weighted by molar-refractivity contribution is -0.142. The molecule has 0 radical (unpaired) electrons. The Labute approximate surface area is 156 Å². The maximum atomic E-state index is 13.4. The van der Waals surface area contributed by atoms with Crippen LogP contribution in [0.25, 0.3) is 0 Å². The summed E-state index contributed by atoms with van der Waals surface area (Å²) >= 11 is 0. The van der Waals surface area contributed by atoms with E-state index in [1.165, 1.54) is 31.3 Å². The van der Waals surface area contributed by atoms with Gasteiger partial charge in [0, 0.05) is 30.8 Å². The van der Waals surface area contributed by atoms with E-state index < -0.39 is 11.8 Å². The van der Waals surface area contributed by atoms with Gasteiger partial charge in [0.2, 0.25) is 0 Å². The summed E-state index contributed by atoms with van der Waals surface area (Å²) in [6, 6.07) is 11.2. The maximum Gasteiger partial charge on any atom is 0.313 e. The van der Waals surface area contributed by atoms with Crippen molar-refractivity contribution >= 4 is 17.5 Å². The molecular formula is C20H21FN2O4. The molecule has 0 spiro atoms. The Kier molecular flexibility index (Phi) is 5.59. The number of hydrogen-bond donors (Lipinski definition) is 1. The number of nitrogens with zero attached hydrogens (tertiary/aromatic N) is 1. The SMILES string of the molecule is COc1ccc(NC(=O)C(=O)N2CCC(c3cccc(F)c3)C2)cc1OC. The van der Waals surface area contributed by atoms with Crippen molar-refractivity contribution in [1.82, 2.24) is 4.90 Å². The minimum absolute atomic E-state index is 0.0264. The number of rotatable bonds is 4. The number of anilines is 1. The first kappa shape index (κ1) is 18.7. The Morgan fingerprint density at radius 1 is 1.11 bits per heavy atom. The number of carbonyl (C=O) groups excluding carboxylic acids is 2. The number of nitrogens with one attached hydrogen (secondary N) is 1. The van der Waals surface area contributed by atoms with Crippen LogP contribution in [0.5, 0.6) is 11.5 Å². The van der Waals surface area contributed by atoms with Crippen LogP contribution in [0, 0.1) is 5.82 Å². The molecule has 0 aromatic heterocycles. The molecule has 1 aliphatic rings. The van der Waals surface area contributed by atoms with Crippen molar-refractivity contribution in [3.8, 4) is 11.5 Å². The van der Waals surface area contributed by atoms with Gasteiger partial charge in [0.15, 0.2) is 11.5 Å². The van der Waals surface area contributed by atoms with E-state index in [9.17, 15) is 14.0 Å². The van der Waals surface area contributed by atoms with E-state index in [1.54, 1.807) is 24.3 Å². The number of hydrogen-bond acceptors (Lipinski definition) is 4. The summed E-state index contributed by atoms with van der Waals surface area (Å²) < 4.78 is 23.7. The number of likely N-dealkylation sites (tertiary alicyclic amines) is 1. The Balaban J connectivity index is 1.63. The fourth-order valence-electron chi connectivity index (χ4n) is 3.22. The Morgan fingerprint density at radius 2 is 1.89 bits per heavy atom. The zero-order valence-corrected chi connectivity index (χ0v) is 15.2. The lowest BCUT2D eigenvalue weighted by Crippen LogP contribution is -2.38. The van der Waals surface area contributed by atoms with E-state index >= 15 is 0 Å². The summed E-state index contributed by atoms with van der Waals surface area (Å²) in [6.07, 6.45) is 0.693. The summed E-state index contributed by atoms with van der Waals surface area (Å²) in [5, 5.41) is 2.58. The van der Waals surface area contributed by atoms with Gasteiger partial charge in [-0.1, -0.05) is 12.1 Å². The van der Waals surface area contributed by atoms with E-state index in [4.69, 9.17) is 9.47 Å². The second-order valence-electron chi connectivity index (χ2n) is 6.32. The summed E-state index contributed by atoms with van der Waals surface area (Å²) in [4.78, 5) is 26.3. The molecular weight excluding hydrogens is 351 g/mol. The zero-order valence-electron chi connectivity index (χ0n) is 15.2. The highest BCUT2D eigenvalue weighted by molar-refractivity contribution is 6.39. The average molecular weight is 372 g/mol. The van der Waals surface area contributed by atoms with Crippen molar-refractivity contribution in [2.45, 2.75) is 12.3 Å². The first-order chi connectivity index (χ1) is 13.0. The molecule has 1 N–H and O–H groups in total. The molecule has 1 aliphatic heterocycles. The number of amides is 2. The van der Waals surface area contributed by atoms with E-state index in [1.807, 2.05) is 6.07 Å². The lowest BCUT2D eigenvalue weighted by atomic mass is 9.98. The molecule has 0 bridgehead atoms. The van der Waals surface area contributed by atoms with Crippen LogP contribution in [0.4, 0.5) is 10.1 Å². The standard InChI is InChI=1S/C20H21FN2O4/c1-26-17-7-6-16(11-18(17)27-2)22-19(24)20(25)23-9-8-14(12-23)13-4-3-5-15(21)10-13/h3-7,10-11,14H,8-9,12H2,1-2H3,(H,22,24). The van der Waals surface area contributed by atoms with E-state index in [-0.39, 0.29) is 11.7 Å². The first-order valence-corrected chi connectivity index (χ1v) is 8.59. The Morgan fingerprint density at radius 3 is 2.59 bits per heavy atom. The van der Waals surface area contributed by atoms with Crippen LogP contribution in [0.1, 0.15) is 17.9 Å². The zero-order chi connectivity index (χ0) is 19.4. The highest BCUT2D eigenvalue weighted by atomic mass is 19.1. The second kappa shape index (κ2) is 8.07. The molecule has 3 rings (SSSR count). The van der Waals surface area contributed by atoms with Crippen molar-refractivity contribution in [2.24, 2.45) is 0 Å². The van der Waals surface area contributed by atoms with Gasteiger partial charge in [0.1, 0.15) is 5.82 Å². The van der Waals surface area contributed by atoms with Crippen LogP contribution in [-0.4, -0.2) is 44.0 Å². The quantitative estimate of drug-likeness (QED) is 0.838. The maximum absolute atomic E-state index is 13.4. The number of carbonyl (C=O) groups is 2. The summed E-state index contributed by atoms with van der Waals surface area (Å²) in [5.41, 5.74) is 1.28. The minimum Gasteiger partial charge on any atom is -0.493 e. The normalized spacial score (nSPS) is 16.1. The number of ether oxygens (including phenoxy) is 2. The van der Waals surface area contributed by atoms with Gasteiger partial charge in [-0.3, -0.25) is 9.59 Å². The third-order valence-electron chi connectivity index (χ3n) is 4.63. The number of methoxy groups -OCH3 is 2. The highest BCUT2D eigenvalue weighted by Crippen LogP contribution is 2.30. The number of halogens is 1. The van der Waals surface area contributed by atoms with Crippen molar-refractivity contribution in [3.05, 3.63) is 53.8 Å². The molecule has 2 aromatic rings. The van der Waals surface area contributed by atoms with Gasteiger partial charge in [-0.15, -0.1) is 0 Å². The topological polar surface area (TPSA) is 67.9 Å². The van der Waals surface area contributed by atoms with Crippen molar-refractivity contribution in [1.29, 1.82) is 0 Å². The molecule has 2 amide bonds. The summed E-state index contributed by atoms with van der Waals surface area (Å²) in [7, 11) is 3.01. The van der Waals surface area contributed by atoms with Crippen LogP contribution < -0.4 is 14.8 Å². The van der Waals surface area contributed by atoms with Crippen LogP contribution in [-0.2, 0) is 9.59 Å². The van der Waals surface area contributed by atoms with Crippen molar-refractivity contribution in [3.63, 3.8) is 0 Å². The van der Waals surface area contributed by atoms with E-state index in [2.05, 4.69) is 5.32 Å². The van der Waals surface area contributed by atoms with Crippen molar-refractivity contribution < 1.29 is 23.5 Å². The van der Waals surface area contributed by atoms with Gasteiger partial charge in [-0.25, -0.2) is 4.39 Å². The molecule has 7 heteroatoms. The third kappa shape index (κ3) is 4.19. The van der Waals surface area contributed by atoms with Gasteiger partial charge in [0.05, 0.1) is 14.2 Å². The Hall–Kier alpha value is -3.09. The largest absolute Gasteiger partial charge is 0.493 e. The molecule has 1 saturated heterocycles. The third-order valence-corrected chi connectivity index (χ3v) is 4.63. The van der Waals surface area contributed by atoms with Crippen molar-refractivity contribution in [2.75, 3.05) is 32.6 Å². The van der Waals surface area contributed by atoms with Gasteiger partial charge in [0.25, 0.3) is 0 Å².